The smallest absolute Gasteiger partial charge is 0.207 e. The van der Waals surface area contributed by atoms with Gasteiger partial charge in [-0.05, 0) is 52.0 Å². The van der Waals surface area contributed by atoms with Crippen LogP contribution in [0.1, 0.15) is 22.0 Å². The van der Waals surface area contributed by atoms with Crippen LogP contribution in [0.5, 0.6) is 0 Å². The van der Waals surface area contributed by atoms with Gasteiger partial charge in [-0.2, -0.15) is 29.2 Å². The third kappa shape index (κ3) is 4.12. The third-order valence-electron chi connectivity index (χ3n) is 3.45. The number of rotatable bonds is 5. The number of halogens is 3. The molecule has 1 N–H and O–H groups in total. The lowest BCUT2D eigenvalue weighted by Crippen LogP contribution is -2.29. The van der Waals surface area contributed by atoms with E-state index < -0.39 is 32.7 Å². The van der Waals surface area contributed by atoms with E-state index in [0.717, 1.165) is 28.6 Å². The van der Waals surface area contributed by atoms with Crippen molar-refractivity contribution < 1.29 is 21.6 Å². The first kappa shape index (κ1) is 18.1. The fourth-order valence-electron chi connectivity index (χ4n) is 2.25. The first-order chi connectivity index (χ1) is 11.8. The topological polar surface area (TPSA) is 46.2 Å². The molecule has 3 nitrogen and oxygen atoms in total. The fourth-order valence-corrected chi connectivity index (χ4v) is 5.06. The zero-order valence-corrected chi connectivity index (χ0v) is 15.0. The summed E-state index contributed by atoms with van der Waals surface area (Å²) in [7, 11) is -4.13. The Morgan fingerprint density at radius 2 is 1.84 bits per heavy atom. The molecule has 25 heavy (non-hydrogen) atoms. The Bertz CT molecular complexity index is 899. The molecule has 2 aromatic heterocycles. The Hall–Kier alpha value is -1.68. The van der Waals surface area contributed by atoms with E-state index in [1.54, 1.807) is 23.6 Å². The van der Waals surface area contributed by atoms with Gasteiger partial charge >= 0.3 is 6.18 Å². The van der Waals surface area contributed by atoms with Gasteiger partial charge in [0.05, 0.1) is 16.5 Å². The van der Waals surface area contributed by atoms with Crippen molar-refractivity contribution >= 4 is 32.7 Å². The summed E-state index contributed by atoms with van der Waals surface area (Å²) in [5.74, 6) is 0. The molecule has 2 heterocycles. The molecule has 0 saturated carbocycles. The summed E-state index contributed by atoms with van der Waals surface area (Å²) in [5.41, 5.74) is -0.262. The molecule has 0 amide bonds. The SMILES string of the molecule is O=S(=O)(N[C@H](c1ccsc1)c1cccs1)c1cccc(C(F)(F)F)c1. The standard InChI is InChI=1S/C16H12F3NO2S3/c17-16(18,19)12-3-1-4-13(9-12)25(21,22)20-15(11-6-8-23-10-11)14-5-2-7-24-14/h1-10,15,20H/t15-/m1/s1. The summed E-state index contributed by atoms with van der Waals surface area (Å²) in [6, 6.07) is 8.42. The molecule has 0 aliphatic rings. The Labute approximate surface area is 150 Å². The van der Waals surface area contributed by atoms with Gasteiger partial charge in [0.25, 0.3) is 0 Å². The summed E-state index contributed by atoms with van der Waals surface area (Å²) in [6.07, 6.45) is -4.61. The van der Waals surface area contributed by atoms with E-state index in [1.165, 1.54) is 22.7 Å². The number of hydrogen-bond donors (Lipinski definition) is 1. The average Bonchev–Trinajstić information content (AvgIpc) is 3.26. The van der Waals surface area contributed by atoms with Crippen molar-refractivity contribution in [3.05, 3.63) is 74.6 Å². The van der Waals surface area contributed by atoms with Gasteiger partial charge in [0, 0.05) is 4.88 Å². The Morgan fingerprint density at radius 1 is 1.04 bits per heavy atom. The van der Waals surface area contributed by atoms with E-state index in [1.807, 2.05) is 10.8 Å². The van der Waals surface area contributed by atoms with E-state index in [9.17, 15) is 21.6 Å². The molecular weight excluding hydrogens is 391 g/mol. The average molecular weight is 403 g/mol. The van der Waals surface area contributed by atoms with Crippen LogP contribution in [0.15, 0.2) is 63.5 Å². The van der Waals surface area contributed by atoms with Crippen LogP contribution < -0.4 is 4.72 Å². The van der Waals surface area contributed by atoms with Gasteiger partial charge < -0.3 is 0 Å². The van der Waals surface area contributed by atoms with Crippen LogP contribution in [0, 0.1) is 0 Å². The molecule has 1 atom stereocenters. The Kier molecular flexibility index (Phi) is 5.01. The molecule has 0 fully saturated rings. The molecule has 3 aromatic rings. The van der Waals surface area contributed by atoms with Crippen molar-refractivity contribution in [1.29, 1.82) is 0 Å². The lowest BCUT2D eigenvalue weighted by molar-refractivity contribution is -0.137. The summed E-state index contributed by atoms with van der Waals surface area (Å²) in [5, 5.41) is 5.43. The molecule has 0 aliphatic carbocycles. The largest absolute Gasteiger partial charge is 0.416 e. The maximum absolute atomic E-state index is 12.9. The van der Waals surface area contributed by atoms with Crippen molar-refractivity contribution in [1.82, 2.24) is 4.72 Å². The van der Waals surface area contributed by atoms with Gasteiger partial charge in [-0.3, -0.25) is 0 Å². The minimum absolute atomic E-state index is 0.417. The van der Waals surface area contributed by atoms with Crippen LogP contribution in [0.4, 0.5) is 13.2 Å². The number of benzene rings is 1. The van der Waals surface area contributed by atoms with Gasteiger partial charge in [-0.15, -0.1) is 11.3 Å². The van der Waals surface area contributed by atoms with Gasteiger partial charge in [0.2, 0.25) is 10.0 Å². The van der Waals surface area contributed by atoms with Gasteiger partial charge in [0.1, 0.15) is 0 Å². The predicted molar refractivity (Wildman–Crippen MR) is 92.2 cm³/mol. The first-order valence-corrected chi connectivity index (χ1v) is 10.3. The number of alkyl halides is 3. The minimum atomic E-state index is -4.61. The van der Waals surface area contributed by atoms with Crippen molar-refractivity contribution in [3.8, 4) is 0 Å². The number of thiophene rings is 2. The molecular formula is C16H12F3NO2S3. The Balaban J connectivity index is 1.97. The molecule has 0 saturated heterocycles. The van der Waals surface area contributed by atoms with E-state index in [0.29, 0.717) is 6.07 Å². The van der Waals surface area contributed by atoms with Gasteiger partial charge in [-0.25, -0.2) is 8.42 Å². The highest BCUT2D eigenvalue weighted by molar-refractivity contribution is 7.89. The van der Waals surface area contributed by atoms with E-state index in [-0.39, 0.29) is 0 Å². The fraction of sp³-hybridized carbons (Fsp3) is 0.125. The summed E-state index contributed by atoms with van der Waals surface area (Å²) in [4.78, 5) is 0.341. The van der Waals surface area contributed by atoms with Crippen LogP contribution in [-0.4, -0.2) is 8.42 Å². The number of sulfonamides is 1. The van der Waals surface area contributed by atoms with E-state index in [2.05, 4.69) is 4.72 Å². The highest BCUT2D eigenvalue weighted by atomic mass is 32.2. The van der Waals surface area contributed by atoms with E-state index >= 15 is 0 Å². The molecule has 0 spiro atoms. The van der Waals surface area contributed by atoms with Crippen LogP contribution in [0.2, 0.25) is 0 Å². The highest BCUT2D eigenvalue weighted by Crippen LogP contribution is 2.32. The highest BCUT2D eigenvalue weighted by Gasteiger charge is 2.32. The summed E-state index contributed by atoms with van der Waals surface area (Å²) >= 11 is 2.78. The second-order valence-corrected chi connectivity index (χ2v) is 8.63. The second kappa shape index (κ2) is 6.91. The quantitative estimate of drug-likeness (QED) is 0.659. The van der Waals surface area contributed by atoms with Crippen molar-refractivity contribution in [3.63, 3.8) is 0 Å². The van der Waals surface area contributed by atoms with Gasteiger partial charge in [0.15, 0.2) is 0 Å². The zero-order chi connectivity index (χ0) is 18.1. The molecule has 0 bridgehead atoms. The first-order valence-electron chi connectivity index (χ1n) is 7.02. The minimum Gasteiger partial charge on any atom is -0.207 e. The predicted octanol–water partition coefficient (Wildman–Crippen LogP) is 4.90. The maximum Gasteiger partial charge on any atom is 0.416 e. The lowest BCUT2D eigenvalue weighted by atomic mass is 10.1. The number of nitrogens with one attached hydrogen (secondary N) is 1. The van der Waals surface area contributed by atoms with E-state index in [4.69, 9.17) is 0 Å². The maximum atomic E-state index is 12.9. The number of hydrogen-bond acceptors (Lipinski definition) is 4. The molecule has 0 unspecified atom stereocenters. The molecule has 3 rings (SSSR count). The molecule has 9 heteroatoms. The zero-order valence-electron chi connectivity index (χ0n) is 12.5. The van der Waals surface area contributed by atoms with Crippen molar-refractivity contribution in [2.24, 2.45) is 0 Å². The van der Waals surface area contributed by atoms with Gasteiger partial charge in [-0.1, -0.05) is 12.1 Å². The summed E-state index contributed by atoms with van der Waals surface area (Å²) < 4.78 is 66.4. The van der Waals surface area contributed by atoms with Crippen LogP contribution >= 0.6 is 22.7 Å². The second-order valence-electron chi connectivity index (χ2n) is 5.15. The van der Waals surface area contributed by atoms with Crippen LogP contribution in [-0.2, 0) is 16.2 Å². The van der Waals surface area contributed by atoms with Crippen LogP contribution in [0.3, 0.4) is 0 Å². The third-order valence-corrected chi connectivity index (χ3v) is 6.51. The Morgan fingerprint density at radius 3 is 2.44 bits per heavy atom. The van der Waals surface area contributed by atoms with Crippen molar-refractivity contribution in [2.75, 3.05) is 0 Å². The lowest BCUT2D eigenvalue weighted by Gasteiger charge is -2.17. The monoisotopic (exact) mass is 403 g/mol. The van der Waals surface area contributed by atoms with Crippen molar-refractivity contribution in [2.45, 2.75) is 17.1 Å². The molecule has 132 valence electrons. The molecule has 0 radical (unpaired) electrons. The molecule has 1 aromatic carbocycles. The normalized spacial score (nSPS) is 13.7. The molecule has 0 aliphatic heterocycles. The summed E-state index contributed by atoms with van der Waals surface area (Å²) in [6.45, 7) is 0. The van der Waals surface area contributed by atoms with Crippen LogP contribution in [0.25, 0.3) is 0 Å².